The summed E-state index contributed by atoms with van der Waals surface area (Å²) in [6.07, 6.45) is -0.409. The van der Waals surface area contributed by atoms with Crippen LogP contribution >= 0.6 is 0 Å². The average molecular weight is 389 g/mol. The van der Waals surface area contributed by atoms with E-state index < -0.39 is 11.7 Å². The molecule has 4 rings (SSSR count). The van der Waals surface area contributed by atoms with Gasteiger partial charge >= 0.3 is 6.18 Å². The quantitative estimate of drug-likeness (QED) is 0.631. The fourth-order valence-electron chi connectivity index (χ4n) is 3.05. The molecule has 28 heavy (non-hydrogen) atoms. The summed E-state index contributed by atoms with van der Waals surface area (Å²) in [4.78, 5) is 16.2. The molecule has 7 nitrogen and oxygen atoms in total. The van der Waals surface area contributed by atoms with Gasteiger partial charge in [-0.05, 0) is 25.5 Å². The first-order chi connectivity index (χ1) is 13.5. The lowest BCUT2D eigenvalue weighted by atomic mass is 10.1. The van der Waals surface area contributed by atoms with Crippen LogP contribution in [0.4, 0.5) is 30.9 Å². The summed E-state index contributed by atoms with van der Waals surface area (Å²) in [5.41, 5.74) is -0.356. The maximum atomic E-state index is 13.4. The summed E-state index contributed by atoms with van der Waals surface area (Å²) in [5.74, 6) is -0.220. The molecule has 1 aliphatic heterocycles. The number of hydrogen-bond donors (Lipinski definition) is 3. The number of para-hydroxylation sites is 1. The van der Waals surface area contributed by atoms with Crippen LogP contribution in [0.25, 0.3) is 10.9 Å². The summed E-state index contributed by atoms with van der Waals surface area (Å²) in [6.45, 7) is 1.64. The van der Waals surface area contributed by atoms with Crippen LogP contribution in [0.3, 0.4) is 0 Å². The van der Waals surface area contributed by atoms with Gasteiger partial charge in [-0.1, -0.05) is 18.2 Å². The molecule has 1 atom stereocenters. The van der Waals surface area contributed by atoms with Crippen molar-refractivity contribution in [3.8, 4) is 0 Å². The number of aromatic nitrogens is 4. The zero-order chi connectivity index (χ0) is 19.6. The van der Waals surface area contributed by atoms with Crippen molar-refractivity contribution in [1.29, 1.82) is 0 Å². The Balaban J connectivity index is 1.64. The Morgan fingerprint density at radius 1 is 1.04 bits per heavy atom. The van der Waals surface area contributed by atoms with E-state index in [1.165, 1.54) is 0 Å². The minimum absolute atomic E-state index is 0.0354. The van der Waals surface area contributed by atoms with Crippen molar-refractivity contribution in [2.75, 3.05) is 23.7 Å². The van der Waals surface area contributed by atoms with Gasteiger partial charge in [0.15, 0.2) is 5.82 Å². The second kappa shape index (κ2) is 7.55. The molecular weight excluding hydrogens is 371 g/mol. The van der Waals surface area contributed by atoms with Gasteiger partial charge in [-0.3, -0.25) is 0 Å². The Morgan fingerprint density at radius 2 is 1.86 bits per heavy atom. The third-order valence-electron chi connectivity index (χ3n) is 4.44. The number of nitrogens with zero attached hydrogens (tertiary/aromatic N) is 4. The molecule has 3 heterocycles. The maximum Gasteiger partial charge on any atom is 0.421 e. The van der Waals surface area contributed by atoms with Crippen LogP contribution in [0.5, 0.6) is 0 Å². The highest BCUT2D eigenvalue weighted by Gasteiger charge is 2.35. The highest BCUT2D eigenvalue weighted by atomic mass is 19.4. The second-order valence-corrected chi connectivity index (χ2v) is 6.52. The van der Waals surface area contributed by atoms with Gasteiger partial charge in [0.2, 0.25) is 11.9 Å². The van der Waals surface area contributed by atoms with Gasteiger partial charge in [-0.2, -0.15) is 18.2 Å². The lowest BCUT2D eigenvalue weighted by molar-refractivity contribution is -0.137. The Kier molecular flexibility index (Phi) is 4.95. The predicted octanol–water partition coefficient (Wildman–Crippen LogP) is 3.35. The Hall–Kier alpha value is -3.01. The SMILES string of the molecule is FC(F)(F)c1cnc(N[C@H]2CCCNC2)nc1Nc1ncc2ccccc2n1. The third kappa shape index (κ3) is 4.11. The van der Waals surface area contributed by atoms with E-state index in [9.17, 15) is 13.2 Å². The van der Waals surface area contributed by atoms with Crippen LogP contribution < -0.4 is 16.0 Å². The Morgan fingerprint density at radius 3 is 2.64 bits per heavy atom. The first-order valence-corrected chi connectivity index (χ1v) is 8.89. The molecule has 3 aromatic rings. The van der Waals surface area contributed by atoms with Crippen LogP contribution in [0.2, 0.25) is 0 Å². The summed E-state index contributed by atoms with van der Waals surface area (Å²) in [6, 6.07) is 7.28. The molecule has 2 aromatic heterocycles. The number of anilines is 3. The van der Waals surface area contributed by atoms with Crippen LogP contribution in [-0.4, -0.2) is 39.1 Å². The predicted molar refractivity (Wildman–Crippen MR) is 99.4 cm³/mol. The average Bonchev–Trinajstić information content (AvgIpc) is 2.68. The summed E-state index contributed by atoms with van der Waals surface area (Å²) < 4.78 is 40.2. The van der Waals surface area contributed by atoms with Gasteiger partial charge < -0.3 is 16.0 Å². The molecule has 1 aliphatic rings. The molecule has 0 amide bonds. The van der Waals surface area contributed by atoms with Crippen LogP contribution in [0.15, 0.2) is 36.7 Å². The molecule has 0 bridgehead atoms. The lowest BCUT2D eigenvalue weighted by Gasteiger charge is -2.24. The molecule has 1 fully saturated rings. The van der Waals surface area contributed by atoms with Crippen LogP contribution in [0.1, 0.15) is 18.4 Å². The molecule has 0 spiro atoms. The van der Waals surface area contributed by atoms with E-state index >= 15 is 0 Å². The van der Waals surface area contributed by atoms with E-state index in [4.69, 9.17) is 0 Å². The zero-order valence-electron chi connectivity index (χ0n) is 14.8. The fraction of sp³-hybridized carbons (Fsp3) is 0.333. The van der Waals surface area contributed by atoms with E-state index in [0.29, 0.717) is 12.1 Å². The van der Waals surface area contributed by atoms with Crippen molar-refractivity contribution in [2.45, 2.75) is 25.1 Å². The molecule has 0 radical (unpaired) electrons. The molecule has 0 saturated carbocycles. The van der Waals surface area contributed by atoms with E-state index in [1.54, 1.807) is 18.3 Å². The van der Waals surface area contributed by atoms with Crippen molar-refractivity contribution >= 4 is 28.6 Å². The second-order valence-electron chi connectivity index (χ2n) is 6.52. The van der Waals surface area contributed by atoms with E-state index in [0.717, 1.165) is 31.0 Å². The Labute approximate surface area is 158 Å². The first-order valence-electron chi connectivity index (χ1n) is 8.89. The zero-order valence-corrected chi connectivity index (χ0v) is 14.8. The van der Waals surface area contributed by atoms with Crippen molar-refractivity contribution in [3.63, 3.8) is 0 Å². The highest BCUT2D eigenvalue weighted by molar-refractivity contribution is 5.78. The van der Waals surface area contributed by atoms with E-state index in [1.807, 2.05) is 12.1 Å². The van der Waals surface area contributed by atoms with Crippen molar-refractivity contribution in [2.24, 2.45) is 0 Å². The van der Waals surface area contributed by atoms with Crippen molar-refractivity contribution < 1.29 is 13.2 Å². The fourth-order valence-corrected chi connectivity index (χ4v) is 3.05. The molecule has 1 aromatic carbocycles. The van der Waals surface area contributed by atoms with Gasteiger partial charge in [0.25, 0.3) is 0 Å². The maximum absolute atomic E-state index is 13.4. The third-order valence-corrected chi connectivity index (χ3v) is 4.44. The van der Waals surface area contributed by atoms with Gasteiger partial charge in [-0.15, -0.1) is 0 Å². The molecule has 0 unspecified atom stereocenters. The Bertz CT molecular complexity index is 971. The summed E-state index contributed by atoms with van der Waals surface area (Å²) >= 11 is 0. The van der Waals surface area contributed by atoms with Crippen LogP contribution in [-0.2, 0) is 6.18 Å². The smallest absolute Gasteiger partial charge is 0.350 e. The number of benzene rings is 1. The first kappa shape index (κ1) is 18.4. The number of rotatable bonds is 4. The lowest BCUT2D eigenvalue weighted by Crippen LogP contribution is -2.38. The van der Waals surface area contributed by atoms with Gasteiger partial charge in [-0.25, -0.2) is 15.0 Å². The van der Waals surface area contributed by atoms with Gasteiger partial charge in [0.1, 0.15) is 5.56 Å². The normalized spacial score (nSPS) is 17.5. The molecular formula is C18H18F3N7. The molecule has 3 N–H and O–H groups in total. The van der Waals surface area contributed by atoms with Gasteiger partial charge in [0, 0.05) is 30.4 Å². The molecule has 10 heteroatoms. The summed E-state index contributed by atoms with van der Waals surface area (Å²) in [7, 11) is 0. The number of halogens is 3. The molecule has 0 aliphatic carbocycles. The minimum Gasteiger partial charge on any atom is -0.350 e. The summed E-state index contributed by atoms with van der Waals surface area (Å²) in [5, 5.41) is 9.70. The number of alkyl halides is 3. The van der Waals surface area contributed by atoms with E-state index in [2.05, 4.69) is 35.9 Å². The van der Waals surface area contributed by atoms with Gasteiger partial charge in [0.05, 0.1) is 5.52 Å². The van der Waals surface area contributed by atoms with Crippen molar-refractivity contribution in [1.82, 2.24) is 25.3 Å². The number of hydrogen-bond acceptors (Lipinski definition) is 7. The largest absolute Gasteiger partial charge is 0.421 e. The van der Waals surface area contributed by atoms with Crippen molar-refractivity contribution in [3.05, 3.63) is 42.2 Å². The minimum atomic E-state index is -4.61. The monoisotopic (exact) mass is 389 g/mol. The number of fused-ring (bicyclic) bond motifs is 1. The highest BCUT2D eigenvalue weighted by Crippen LogP contribution is 2.34. The molecule has 146 valence electrons. The topological polar surface area (TPSA) is 87.7 Å². The molecule has 1 saturated heterocycles. The number of piperidine rings is 1. The standard InChI is InChI=1S/C18H18F3N7/c19-18(20,21)13-10-24-16(25-12-5-3-7-22-9-12)27-15(13)28-17-23-8-11-4-1-2-6-14(11)26-17/h1-2,4,6,8,10,12,22H,3,5,7,9H2,(H2,23,24,25,26,27,28)/t12-/m0/s1. The number of nitrogens with one attached hydrogen (secondary N) is 3. The van der Waals surface area contributed by atoms with E-state index in [-0.39, 0.29) is 23.8 Å². The van der Waals surface area contributed by atoms with Crippen LogP contribution in [0, 0.1) is 0 Å².